The van der Waals surface area contributed by atoms with Gasteiger partial charge in [0.15, 0.2) is 0 Å². The number of anilines is 1. The fourth-order valence-electron chi connectivity index (χ4n) is 4.45. The Labute approximate surface area is 172 Å². The number of halogens is 1. The minimum absolute atomic E-state index is 0.346. The molecule has 0 spiro atoms. The van der Waals surface area contributed by atoms with E-state index in [-0.39, 0.29) is 0 Å². The Balaban J connectivity index is 1.33. The summed E-state index contributed by atoms with van der Waals surface area (Å²) in [6.07, 6.45) is 4.70. The van der Waals surface area contributed by atoms with Crippen LogP contribution in [0.4, 0.5) is 5.69 Å². The van der Waals surface area contributed by atoms with Gasteiger partial charge in [0.1, 0.15) is 0 Å². The Hall–Kier alpha value is -1.85. The first kappa shape index (κ1) is 19.5. The van der Waals surface area contributed by atoms with Gasteiger partial charge in [0, 0.05) is 68.0 Å². The summed E-state index contributed by atoms with van der Waals surface area (Å²) in [7, 11) is 0. The smallest absolute Gasteiger partial charge is 0.222 e. The van der Waals surface area contributed by atoms with Crippen LogP contribution in [0.3, 0.4) is 0 Å². The van der Waals surface area contributed by atoms with Crippen molar-refractivity contribution in [3.05, 3.63) is 35.5 Å². The fraction of sp³-hybridized carbons (Fsp3) is 0.545. The van der Waals surface area contributed by atoms with Gasteiger partial charge in [0.2, 0.25) is 5.91 Å². The van der Waals surface area contributed by atoms with Crippen LogP contribution >= 0.6 is 11.6 Å². The molecule has 2 aliphatic rings. The number of piperazine rings is 1. The van der Waals surface area contributed by atoms with Crippen molar-refractivity contribution in [2.75, 3.05) is 50.7 Å². The number of fused-ring (bicyclic) bond motifs is 1. The quantitative estimate of drug-likeness (QED) is 0.785. The number of pyridine rings is 1. The Bertz CT molecular complexity index is 826. The van der Waals surface area contributed by atoms with E-state index in [2.05, 4.69) is 38.7 Å². The number of rotatable bonds is 4. The van der Waals surface area contributed by atoms with Crippen LogP contribution in [-0.2, 0) is 4.79 Å². The summed E-state index contributed by atoms with van der Waals surface area (Å²) in [4.78, 5) is 24.1. The van der Waals surface area contributed by atoms with Gasteiger partial charge in [-0.3, -0.25) is 9.78 Å². The Morgan fingerprint density at radius 1 is 1.11 bits per heavy atom. The highest BCUT2D eigenvalue weighted by Gasteiger charge is 2.26. The normalized spacial score (nSPS) is 19.4. The van der Waals surface area contributed by atoms with Crippen LogP contribution in [0, 0.1) is 5.92 Å². The number of hydrogen-bond acceptors (Lipinski definition) is 4. The van der Waals surface area contributed by atoms with E-state index in [1.807, 2.05) is 18.3 Å². The maximum Gasteiger partial charge on any atom is 0.222 e. The maximum absolute atomic E-state index is 12.7. The lowest BCUT2D eigenvalue weighted by molar-refractivity contribution is -0.134. The van der Waals surface area contributed by atoms with Crippen LogP contribution in [0.15, 0.2) is 30.5 Å². The van der Waals surface area contributed by atoms with Gasteiger partial charge in [0.25, 0.3) is 0 Å². The van der Waals surface area contributed by atoms with E-state index < -0.39 is 0 Å². The Morgan fingerprint density at radius 2 is 1.86 bits per heavy atom. The van der Waals surface area contributed by atoms with Crippen LogP contribution in [0.1, 0.15) is 26.2 Å². The molecule has 2 aromatic rings. The van der Waals surface area contributed by atoms with Crippen LogP contribution in [0.5, 0.6) is 0 Å². The lowest BCUT2D eigenvalue weighted by Gasteiger charge is -2.37. The number of likely N-dealkylation sites (N-methyl/N-ethyl adjacent to an activating group) is 1. The van der Waals surface area contributed by atoms with Crippen LogP contribution in [-0.4, -0.2) is 66.5 Å². The van der Waals surface area contributed by atoms with Crippen molar-refractivity contribution in [1.29, 1.82) is 0 Å². The lowest BCUT2D eigenvalue weighted by atomic mass is 9.92. The molecule has 2 aliphatic heterocycles. The van der Waals surface area contributed by atoms with E-state index in [1.165, 1.54) is 5.69 Å². The van der Waals surface area contributed by atoms with Crippen molar-refractivity contribution in [2.24, 2.45) is 5.92 Å². The minimum atomic E-state index is 0.346. The molecule has 6 heteroatoms. The third-order valence-corrected chi connectivity index (χ3v) is 6.51. The molecule has 2 saturated heterocycles. The summed E-state index contributed by atoms with van der Waals surface area (Å²) in [5, 5.41) is 1.87. The number of nitrogens with zero attached hydrogens (tertiary/aromatic N) is 4. The third-order valence-electron chi connectivity index (χ3n) is 6.27. The largest absolute Gasteiger partial charge is 0.371 e. The van der Waals surface area contributed by atoms with Crippen molar-refractivity contribution in [1.82, 2.24) is 14.8 Å². The monoisotopic (exact) mass is 400 g/mol. The molecular formula is C22H29ClN4O. The predicted octanol–water partition coefficient (Wildman–Crippen LogP) is 3.66. The molecule has 3 heterocycles. The van der Waals surface area contributed by atoms with E-state index in [0.29, 0.717) is 23.3 Å². The molecule has 5 nitrogen and oxygen atoms in total. The molecule has 0 N–H and O–H groups in total. The van der Waals surface area contributed by atoms with E-state index in [9.17, 15) is 4.79 Å². The highest BCUT2D eigenvalue weighted by Crippen LogP contribution is 2.31. The maximum atomic E-state index is 12.7. The van der Waals surface area contributed by atoms with E-state index in [4.69, 9.17) is 11.6 Å². The molecule has 0 unspecified atom stereocenters. The molecule has 28 heavy (non-hydrogen) atoms. The fourth-order valence-corrected chi connectivity index (χ4v) is 4.62. The predicted molar refractivity (Wildman–Crippen MR) is 115 cm³/mol. The van der Waals surface area contributed by atoms with Gasteiger partial charge in [0.05, 0.1) is 5.52 Å². The zero-order valence-corrected chi connectivity index (χ0v) is 17.4. The SMILES string of the molecule is CCN1CCN(C(=O)CC2CCN(c3ccnc4cc(Cl)ccc34)CC2)CC1. The minimum Gasteiger partial charge on any atom is -0.371 e. The van der Waals surface area contributed by atoms with Crippen LogP contribution in [0.25, 0.3) is 10.9 Å². The van der Waals surface area contributed by atoms with Gasteiger partial charge in [-0.1, -0.05) is 18.5 Å². The molecule has 1 aromatic heterocycles. The second-order valence-electron chi connectivity index (χ2n) is 7.94. The van der Waals surface area contributed by atoms with Crippen molar-refractivity contribution in [3.8, 4) is 0 Å². The van der Waals surface area contributed by atoms with E-state index in [1.54, 1.807) is 0 Å². The summed E-state index contributed by atoms with van der Waals surface area (Å²) >= 11 is 6.11. The number of aromatic nitrogens is 1. The van der Waals surface area contributed by atoms with E-state index in [0.717, 1.165) is 69.6 Å². The molecular weight excluding hydrogens is 372 g/mol. The molecule has 150 valence electrons. The zero-order chi connectivity index (χ0) is 19.5. The summed E-state index contributed by atoms with van der Waals surface area (Å²) in [6.45, 7) is 9.04. The highest BCUT2D eigenvalue weighted by atomic mass is 35.5. The van der Waals surface area contributed by atoms with Crippen LogP contribution < -0.4 is 4.90 Å². The van der Waals surface area contributed by atoms with Gasteiger partial charge < -0.3 is 14.7 Å². The summed E-state index contributed by atoms with van der Waals surface area (Å²) in [5.41, 5.74) is 2.16. The molecule has 0 aliphatic carbocycles. The number of piperidine rings is 1. The Kier molecular flexibility index (Phi) is 6.02. The van der Waals surface area contributed by atoms with Gasteiger partial charge in [-0.05, 0) is 49.6 Å². The first-order valence-corrected chi connectivity index (χ1v) is 10.8. The van der Waals surface area contributed by atoms with Gasteiger partial charge in [-0.25, -0.2) is 0 Å². The van der Waals surface area contributed by atoms with Gasteiger partial charge >= 0.3 is 0 Å². The van der Waals surface area contributed by atoms with Gasteiger partial charge in [-0.15, -0.1) is 0 Å². The van der Waals surface area contributed by atoms with Crippen molar-refractivity contribution < 1.29 is 4.79 Å². The standard InChI is InChI=1S/C22H29ClN4O/c1-2-25-11-13-27(14-12-25)22(28)15-17-6-9-26(10-7-17)21-5-8-24-20-16-18(23)3-4-19(20)21/h3-5,8,16-17H,2,6-7,9-15H2,1H3. The Morgan fingerprint density at radius 3 is 2.57 bits per heavy atom. The first-order chi connectivity index (χ1) is 13.6. The molecule has 4 rings (SSSR count). The number of hydrogen-bond donors (Lipinski definition) is 0. The molecule has 0 radical (unpaired) electrons. The summed E-state index contributed by atoms with van der Waals surface area (Å²) < 4.78 is 0. The zero-order valence-electron chi connectivity index (χ0n) is 16.6. The van der Waals surface area contributed by atoms with Gasteiger partial charge in [-0.2, -0.15) is 0 Å². The average molecular weight is 401 g/mol. The molecule has 0 atom stereocenters. The lowest BCUT2D eigenvalue weighted by Crippen LogP contribution is -2.49. The molecule has 2 fully saturated rings. The summed E-state index contributed by atoms with van der Waals surface area (Å²) in [5.74, 6) is 0.841. The number of carbonyl (C=O) groups is 1. The number of amides is 1. The molecule has 0 bridgehead atoms. The van der Waals surface area contributed by atoms with Crippen molar-refractivity contribution >= 4 is 34.1 Å². The average Bonchev–Trinajstić information content (AvgIpc) is 2.73. The van der Waals surface area contributed by atoms with E-state index >= 15 is 0 Å². The third kappa shape index (κ3) is 4.26. The topological polar surface area (TPSA) is 39.7 Å². The number of carbonyl (C=O) groups excluding carboxylic acids is 1. The summed E-state index contributed by atoms with van der Waals surface area (Å²) in [6, 6.07) is 8.00. The first-order valence-electron chi connectivity index (χ1n) is 10.4. The molecule has 0 saturated carbocycles. The molecule has 1 aromatic carbocycles. The number of benzene rings is 1. The second kappa shape index (κ2) is 8.66. The second-order valence-corrected chi connectivity index (χ2v) is 8.38. The highest BCUT2D eigenvalue weighted by molar-refractivity contribution is 6.31. The van der Waals surface area contributed by atoms with Crippen LogP contribution in [0.2, 0.25) is 5.02 Å². The molecule has 1 amide bonds. The van der Waals surface area contributed by atoms with Crippen molar-refractivity contribution in [2.45, 2.75) is 26.2 Å². The van der Waals surface area contributed by atoms with Crippen molar-refractivity contribution in [3.63, 3.8) is 0 Å².